The van der Waals surface area contributed by atoms with E-state index in [2.05, 4.69) is 52.5 Å². The molecule has 2 aliphatic rings. The number of rotatable bonds is 6. The van der Waals surface area contributed by atoms with Crippen molar-refractivity contribution >= 4 is 33.1 Å². The molecule has 0 amide bonds. The zero-order valence-corrected chi connectivity index (χ0v) is 22.4. The third kappa shape index (κ3) is 5.00. The molecule has 0 saturated heterocycles. The first-order chi connectivity index (χ1) is 17.4. The van der Waals surface area contributed by atoms with Gasteiger partial charge in [-0.15, -0.1) is 0 Å². The lowest BCUT2D eigenvalue weighted by molar-refractivity contribution is -0.116. The molecule has 36 heavy (non-hydrogen) atoms. The van der Waals surface area contributed by atoms with Crippen LogP contribution in [0.1, 0.15) is 49.8 Å². The molecule has 0 spiro atoms. The highest BCUT2D eigenvalue weighted by molar-refractivity contribution is 9.10. The monoisotopic (exact) mass is 546 g/mol. The van der Waals surface area contributed by atoms with Crippen molar-refractivity contribution in [3.8, 4) is 11.5 Å². The van der Waals surface area contributed by atoms with Gasteiger partial charge in [0.15, 0.2) is 5.78 Å². The summed E-state index contributed by atoms with van der Waals surface area (Å²) in [5.74, 6) is 2.32. The van der Waals surface area contributed by atoms with Crippen molar-refractivity contribution in [3.63, 3.8) is 0 Å². The Hall–Kier alpha value is -3.25. The Labute approximate surface area is 221 Å². The van der Waals surface area contributed by atoms with Gasteiger partial charge in [0, 0.05) is 27.7 Å². The van der Waals surface area contributed by atoms with Gasteiger partial charge in [0.2, 0.25) is 0 Å². The van der Waals surface area contributed by atoms with Crippen molar-refractivity contribution in [1.29, 1.82) is 0 Å². The highest BCUT2D eigenvalue weighted by Crippen LogP contribution is 2.46. The molecule has 3 aromatic rings. The van der Waals surface area contributed by atoms with E-state index in [0.29, 0.717) is 18.9 Å². The number of hydrogen-bond donors (Lipinski definition) is 2. The minimum Gasteiger partial charge on any atom is -0.496 e. The number of carbonyl (C=O) groups excluding carboxylic acids is 1. The number of hydrogen-bond acceptors (Lipinski definition) is 5. The van der Waals surface area contributed by atoms with E-state index in [1.54, 1.807) is 7.11 Å². The summed E-state index contributed by atoms with van der Waals surface area (Å²) in [5, 5.41) is 7.24. The molecule has 1 aliphatic carbocycles. The Morgan fingerprint density at radius 3 is 2.47 bits per heavy atom. The number of Topliss-reactive ketones (excluding diaryl/α,β-unsaturated/α-hetero) is 1. The molecule has 5 rings (SSSR count). The zero-order valence-electron chi connectivity index (χ0n) is 20.8. The SMILES string of the molecule is COc1ccc(Br)cc1C1Nc2ccccc2NC2=C1C(=O)CC(c1ccc(OCC(C)C)cc1)C2. The van der Waals surface area contributed by atoms with E-state index in [1.807, 2.05) is 54.6 Å². The Morgan fingerprint density at radius 1 is 1.00 bits per heavy atom. The number of carbonyl (C=O) groups is 1. The average Bonchev–Trinajstić information content (AvgIpc) is 3.04. The molecule has 0 fully saturated rings. The van der Waals surface area contributed by atoms with E-state index in [1.165, 1.54) is 0 Å². The van der Waals surface area contributed by atoms with E-state index in [0.717, 1.165) is 56.2 Å². The molecule has 186 valence electrons. The molecule has 2 N–H and O–H groups in total. The van der Waals surface area contributed by atoms with Crippen molar-refractivity contribution in [2.24, 2.45) is 5.92 Å². The van der Waals surface area contributed by atoms with Crippen molar-refractivity contribution < 1.29 is 14.3 Å². The van der Waals surface area contributed by atoms with Crippen LogP contribution >= 0.6 is 15.9 Å². The number of fused-ring (bicyclic) bond motifs is 1. The first kappa shape index (κ1) is 24.4. The number of nitrogens with one attached hydrogen (secondary N) is 2. The lowest BCUT2D eigenvalue weighted by Gasteiger charge is -2.30. The highest BCUT2D eigenvalue weighted by Gasteiger charge is 2.37. The van der Waals surface area contributed by atoms with Gasteiger partial charge in [-0.3, -0.25) is 4.79 Å². The molecular formula is C30H31BrN2O3. The maximum Gasteiger partial charge on any atom is 0.163 e. The first-order valence-corrected chi connectivity index (χ1v) is 13.2. The van der Waals surface area contributed by atoms with Crippen LogP contribution in [0, 0.1) is 5.92 Å². The Balaban J connectivity index is 1.52. The van der Waals surface area contributed by atoms with Gasteiger partial charge in [-0.2, -0.15) is 0 Å². The molecule has 0 radical (unpaired) electrons. The summed E-state index contributed by atoms with van der Waals surface area (Å²) >= 11 is 3.60. The van der Waals surface area contributed by atoms with Crippen LogP contribution in [0.4, 0.5) is 11.4 Å². The molecule has 2 atom stereocenters. The van der Waals surface area contributed by atoms with Gasteiger partial charge in [-0.1, -0.05) is 54.0 Å². The normalized spacial score (nSPS) is 19.1. The number of allylic oxidation sites excluding steroid dienone is 1. The summed E-state index contributed by atoms with van der Waals surface area (Å²) in [6.07, 6.45) is 1.20. The number of ketones is 1. The van der Waals surface area contributed by atoms with Crippen molar-refractivity contribution in [2.75, 3.05) is 24.4 Å². The van der Waals surface area contributed by atoms with Crippen LogP contribution in [-0.2, 0) is 4.79 Å². The molecule has 2 unspecified atom stereocenters. The van der Waals surface area contributed by atoms with E-state index in [-0.39, 0.29) is 17.7 Å². The predicted molar refractivity (Wildman–Crippen MR) is 148 cm³/mol. The van der Waals surface area contributed by atoms with Gasteiger partial charge >= 0.3 is 0 Å². The second-order valence-electron chi connectivity index (χ2n) is 9.83. The topological polar surface area (TPSA) is 59.6 Å². The second kappa shape index (κ2) is 10.4. The van der Waals surface area contributed by atoms with Crippen molar-refractivity contribution in [2.45, 2.75) is 38.6 Å². The van der Waals surface area contributed by atoms with E-state index < -0.39 is 0 Å². The van der Waals surface area contributed by atoms with Crippen LogP contribution in [0.2, 0.25) is 0 Å². The summed E-state index contributed by atoms with van der Waals surface area (Å²) in [4.78, 5) is 13.8. The van der Waals surface area contributed by atoms with Crippen LogP contribution < -0.4 is 20.1 Å². The summed E-state index contributed by atoms with van der Waals surface area (Å²) in [5.41, 5.74) is 5.73. The Kier molecular flexibility index (Phi) is 7.06. The zero-order chi connectivity index (χ0) is 25.2. The number of methoxy groups -OCH3 is 1. The van der Waals surface area contributed by atoms with Gasteiger partial charge in [-0.05, 0) is 66.3 Å². The fourth-order valence-electron chi connectivity index (χ4n) is 4.99. The van der Waals surface area contributed by atoms with Gasteiger partial charge in [0.1, 0.15) is 11.5 Å². The molecule has 3 aromatic carbocycles. The third-order valence-electron chi connectivity index (χ3n) is 6.75. The first-order valence-electron chi connectivity index (χ1n) is 12.4. The largest absolute Gasteiger partial charge is 0.496 e. The number of anilines is 2. The van der Waals surface area contributed by atoms with Crippen LogP contribution in [0.3, 0.4) is 0 Å². The summed E-state index contributed by atoms with van der Waals surface area (Å²) < 4.78 is 12.5. The maximum atomic E-state index is 13.8. The molecule has 5 nitrogen and oxygen atoms in total. The number of halogens is 1. The molecule has 0 saturated carbocycles. The van der Waals surface area contributed by atoms with Gasteiger partial charge in [-0.25, -0.2) is 0 Å². The highest BCUT2D eigenvalue weighted by atomic mass is 79.9. The fourth-order valence-corrected chi connectivity index (χ4v) is 5.37. The molecule has 0 aromatic heterocycles. The lowest BCUT2D eigenvalue weighted by Crippen LogP contribution is -2.27. The number of para-hydroxylation sites is 2. The van der Waals surface area contributed by atoms with Gasteiger partial charge in [0.25, 0.3) is 0 Å². The average molecular weight is 547 g/mol. The van der Waals surface area contributed by atoms with Crippen LogP contribution in [0.5, 0.6) is 11.5 Å². The molecule has 6 heteroatoms. The summed E-state index contributed by atoms with van der Waals surface area (Å²) in [7, 11) is 1.66. The number of benzene rings is 3. The standard InChI is InChI=1S/C30H31BrN2O3/c1-18(2)17-36-22-11-8-19(9-12-22)20-14-26-29(27(34)15-20)30(23-16-21(31)10-13-28(23)35-3)33-25-7-5-4-6-24(25)32-26/h4-13,16,18,20,30,32-33H,14-15,17H2,1-3H3. The Morgan fingerprint density at radius 2 is 1.75 bits per heavy atom. The van der Waals surface area contributed by atoms with Gasteiger partial charge in [0.05, 0.1) is 31.1 Å². The number of ether oxygens (including phenoxy) is 2. The fraction of sp³-hybridized carbons (Fsp3) is 0.300. The summed E-state index contributed by atoms with van der Waals surface area (Å²) in [6, 6.07) is 21.9. The predicted octanol–water partition coefficient (Wildman–Crippen LogP) is 7.47. The van der Waals surface area contributed by atoms with Crippen molar-refractivity contribution in [1.82, 2.24) is 0 Å². The third-order valence-corrected chi connectivity index (χ3v) is 7.24. The summed E-state index contributed by atoms with van der Waals surface area (Å²) in [6.45, 7) is 4.96. The van der Waals surface area contributed by atoms with Crippen LogP contribution in [0.25, 0.3) is 0 Å². The maximum absolute atomic E-state index is 13.8. The van der Waals surface area contributed by atoms with Gasteiger partial charge < -0.3 is 20.1 Å². The molecule has 1 aliphatic heterocycles. The van der Waals surface area contributed by atoms with E-state index >= 15 is 0 Å². The smallest absolute Gasteiger partial charge is 0.163 e. The van der Waals surface area contributed by atoms with Crippen LogP contribution in [-0.4, -0.2) is 19.5 Å². The second-order valence-corrected chi connectivity index (χ2v) is 10.7. The molecule has 1 heterocycles. The quantitative estimate of drug-likeness (QED) is 0.335. The minimum atomic E-state index is -0.330. The van der Waals surface area contributed by atoms with E-state index in [9.17, 15) is 4.79 Å². The van der Waals surface area contributed by atoms with E-state index in [4.69, 9.17) is 9.47 Å². The van der Waals surface area contributed by atoms with Crippen LogP contribution in [0.15, 0.2) is 82.5 Å². The van der Waals surface area contributed by atoms with Crippen molar-refractivity contribution in [3.05, 3.63) is 93.6 Å². The lowest BCUT2D eigenvalue weighted by atomic mass is 9.78. The molecular weight excluding hydrogens is 516 g/mol. The molecule has 0 bridgehead atoms. The Bertz CT molecular complexity index is 1300. The minimum absolute atomic E-state index is 0.0956.